The molecule has 2 saturated carbocycles. The van der Waals surface area contributed by atoms with Gasteiger partial charge in [-0.25, -0.2) is 0 Å². The molecule has 0 aromatic heterocycles. The van der Waals surface area contributed by atoms with E-state index in [1.807, 2.05) is 62.3 Å². The van der Waals surface area contributed by atoms with Crippen LogP contribution in [0, 0.1) is 45.8 Å². The second kappa shape index (κ2) is 52.2. The summed E-state index contributed by atoms with van der Waals surface area (Å²) in [5.41, 5.74) is -0.292. The first kappa shape index (κ1) is 58.6. The maximum Gasteiger partial charge on any atom is 0.389 e. The van der Waals surface area contributed by atoms with Crippen molar-refractivity contribution >= 4 is 0 Å². The molecule has 2 aliphatic carbocycles. The molecule has 0 spiro atoms. The van der Waals surface area contributed by atoms with Gasteiger partial charge in [0, 0.05) is 25.2 Å². The van der Waals surface area contributed by atoms with E-state index < -0.39 is 50.2 Å². The van der Waals surface area contributed by atoms with E-state index >= 15 is 0 Å². The van der Waals surface area contributed by atoms with E-state index in [1.54, 1.807) is 62.3 Å². The van der Waals surface area contributed by atoms with Crippen molar-refractivity contribution in [3.8, 4) is 0 Å². The summed E-state index contributed by atoms with van der Waals surface area (Å²) in [6.07, 6.45) is 4.71. The summed E-state index contributed by atoms with van der Waals surface area (Å²) >= 11 is 0. The quantitative estimate of drug-likeness (QED) is 0.233. The highest BCUT2D eigenvalue weighted by atomic mass is 19.4. The second-order valence-corrected chi connectivity index (χ2v) is 20.2. The average Bonchev–Trinajstić information content (AvgIpc) is 3.53. The summed E-state index contributed by atoms with van der Waals surface area (Å²) in [5.74, 6) is -0.458. The van der Waals surface area contributed by atoms with E-state index in [-0.39, 0.29) is 35.0 Å². The Hall–Kier alpha value is -0.420. The van der Waals surface area contributed by atoms with Crippen molar-refractivity contribution in [2.45, 2.75) is 315 Å². The molecule has 0 N–H and O–H groups in total. The van der Waals surface area contributed by atoms with Gasteiger partial charge < -0.3 is 0 Å². The molecule has 0 aromatic rings. The van der Waals surface area contributed by atoms with Crippen LogP contribution in [0.15, 0.2) is 0 Å². The third kappa shape index (κ3) is 165. The minimum atomic E-state index is -3.98. The van der Waals surface area contributed by atoms with Gasteiger partial charge in [0.05, 0.1) is 0 Å². The van der Waals surface area contributed by atoms with Crippen LogP contribution in [0.2, 0.25) is 0 Å². The highest BCUT2D eigenvalue weighted by Gasteiger charge is 2.29. The van der Waals surface area contributed by atoms with Gasteiger partial charge in [0.25, 0.3) is 0 Å². The molecular weight excluding hydrogens is 775 g/mol. The number of hydrogen-bond donors (Lipinski definition) is 0. The van der Waals surface area contributed by atoms with Crippen LogP contribution in [0.3, 0.4) is 0 Å². The van der Waals surface area contributed by atoms with E-state index in [4.69, 9.17) is 12.3 Å². The fraction of sp³-hybridized carbons (Fsp3) is 1.00. The molecule has 2 atom stereocenters. The Bertz CT molecular complexity index is 973. The molecule has 384 valence electrons. The van der Waals surface area contributed by atoms with Crippen LogP contribution < -0.4 is 0 Å². The van der Waals surface area contributed by atoms with Gasteiger partial charge in [0.15, 0.2) is 0 Å². The Morgan fingerprint density at radius 2 is 0.721 bits per heavy atom. The Morgan fingerprint density at radius 3 is 0.787 bits per heavy atom. The fourth-order valence-corrected chi connectivity index (χ4v) is 3.21. The standard InChI is InChI=1S/C7H14.2C6H11F3.C6H12.C6H14.3C5H12.C4H10.C3H8.C2H6/c1-7-5-3-2-4-6-7;2*1-3-5(2)4-6(7,8)9;1-6-4-2-3-5-6;1-5-6(2,3)4;2*1-5(2,3)4;1-4-5(2)3;1-3-4-2;1-3-2;1-2/h7H,2-6H2,1H3;2*5H,3-4H2,1-2H3;6H,2-5H2,1H3;5H2,1-4H3;2*1-4H3;5H,4H2,1-3H3;3-4H2,1-2H3;3H2,1-2H3;1-2H3/t;2*5-;;;;;;;;/m.00......../s1/i7D;;;6D;5D2;1D3;;4D2;;;. The third-order valence-corrected chi connectivity index (χ3v) is 7.55. The molecule has 0 unspecified atom stereocenters. The summed E-state index contributed by atoms with van der Waals surface area (Å²) in [5, 5.41) is 0. The van der Waals surface area contributed by atoms with Crippen molar-refractivity contribution in [3.05, 3.63) is 0 Å². The predicted molar refractivity (Wildman–Crippen MR) is 273 cm³/mol. The predicted octanol–water partition coefficient (Wildman–Crippen LogP) is 23.6. The van der Waals surface area contributed by atoms with Crippen molar-refractivity contribution in [1.82, 2.24) is 0 Å². The van der Waals surface area contributed by atoms with Gasteiger partial charge in [-0.2, -0.15) is 26.3 Å². The Kier molecular flexibility index (Phi) is 50.1. The first-order valence-electron chi connectivity index (χ1n) is 28.7. The van der Waals surface area contributed by atoms with Gasteiger partial charge >= 0.3 is 12.4 Å². The zero-order valence-corrected chi connectivity index (χ0v) is 46.3. The lowest BCUT2D eigenvalue weighted by atomic mass is 9.91. The van der Waals surface area contributed by atoms with E-state index in [0.717, 1.165) is 25.7 Å². The van der Waals surface area contributed by atoms with Gasteiger partial charge in [0.1, 0.15) is 0 Å². The lowest BCUT2D eigenvalue weighted by Gasteiger charge is -2.15. The number of halogens is 6. The van der Waals surface area contributed by atoms with E-state index in [1.165, 1.54) is 51.4 Å². The van der Waals surface area contributed by atoms with Gasteiger partial charge in [-0.3, -0.25) is 0 Å². The molecule has 0 nitrogen and oxygen atoms in total. The zero-order chi connectivity index (χ0) is 59.0. The molecule has 6 heteroatoms. The van der Waals surface area contributed by atoms with Crippen molar-refractivity contribution in [2.75, 3.05) is 0 Å². The number of rotatable bonds is 6. The molecule has 2 aliphatic rings. The van der Waals surface area contributed by atoms with Gasteiger partial charge in [0.2, 0.25) is 0 Å². The Balaban J connectivity index is -0.0000000850. The molecule has 0 heterocycles. The van der Waals surface area contributed by atoms with Crippen LogP contribution in [-0.4, -0.2) is 12.4 Å². The number of hydrogen-bond acceptors (Lipinski definition) is 0. The highest BCUT2D eigenvalue weighted by Crippen LogP contribution is 2.27. The van der Waals surface area contributed by atoms with Gasteiger partial charge in [-0.15, -0.1) is 0 Å². The molecule has 0 saturated heterocycles. The molecular formula is C55H122F6. The first-order valence-corrected chi connectivity index (χ1v) is 24.2. The average molecular weight is 907 g/mol. The van der Waals surface area contributed by atoms with Crippen LogP contribution in [0.5, 0.6) is 0 Å². The molecule has 0 aliphatic heterocycles. The normalized spacial score (nSPS) is 18.7. The molecule has 0 bridgehead atoms. The molecule has 0 radical (unpaired) electrons. The molecule has 2 rings (SSSR count). The highest BCUT2D eigenvalue weighted by molar-refractivity contribution is 4.61. The largest absolute Gasteiger partial charge is 0.389 e. The lowest BCUT2D eigenvalue weighted by Crippen LogP contribution is -2.12. The van der Waals surface area contributed by atoms with Crippen LogP contribution in [0.25, 0.3) is 0 Å². The smallest absolute Gasteiger partial charge is 0.171 e. The monoisotopic (exact) mass is 906 g/mol. The van der Waals surface area contributed by atoms with Crippen molar-refractivity contribution in [2.24, 2.45) is 45.8 Å². The maximum absolute atomic E-state index is 11.5. The Morgan fingerprint density at radius 1 is 0.525 bits per heavy atom. The fourth-order valence-electron chi connectivity index (χ4n) is 3.21. The summed E-state index contributed by atoms with van der Waals surface area (Å²) in [6.45, 7) is 48.1. The summed E-state index contributed by atoms with van der Waals surface area (Å²) in [4.78, 5) is 0. The summed E-state index contributed by atoms with van der Waals surface area (Å²) in [6, 6.07) is 0. The summed E-state index contributed by atoms with van der Waals surface area (Å²) < 4.78 is 133. The first-order chi connectivity index (χ1) is 30.6. The molecule has 0 aromatic carbocycles. The molecule has 0 amide bonds. The minimum absolute atomic E-state index is 0.0556. The van der Waals surface area contributed by atoms with Crippen LogP contribution in [0.4, 0.5) is 26.3 Å². The van der Waals surface area contributed by atoms with Crippen LogP contribution in [0.1, 0.15) is 315 Å². The lowest BCUT2D eigenvalue weighted by molar-refractivity contribution is -0.144. The van der Waals surface area contributed by atoms with E-state index in [0.29, 0.717) is 18.3 Å². The van der Waals surface area contributed by atoms with Crippen molar-refractivity contribution in [1.29, 1.82) is 0 Å². The van der Waals surface area contributed by atoms with Crippen LogP contribution >= 0.6 is 0 Å². The van der Waals surface area contributed by atoms with Gasteiger partial charge in [-0.05, 0) is 45.8 Å². The maximum atomic E-state index is 11.5. The molecule has 2 fully saturated rings. The van der Waals surface area contributed by atoms with E-state index in [9.17, 15) is 26.3 Å². The topological polar surface area (TPSA) is 0 Å². The summed E-state index contributed by atoms with van der Waals surface area (Å²) in [7, 11) is 0. The number of unbranched alkanes of at least 4 members (excludes halogenated alkanes) is 1. The van der Waals surface area contributed by atoms with Crippen LogP contribution in [-0.2, 0) is 0 Å². The SMILES string of the molecule is CC.CC(C)(C)C.CCC.CCCC.CC[C@H](C)CC(F)(F)F.CC[C@H](C)CC(F)(F)F.[2H]C([2H])(C)C(C)(C)C.[2H]C([2H])(C)C(C)C.[2H]C([2H])([2H])C(C)(C)C.[2H]C1(C)CCCC1.[2H]C1(C)CCCCC1. The van der Waals surface area contributed by atoms with Crippen molar-refractivity contribution < 1.29 is 38.7 Å². The Labute approximate surface area is 398 Å². The van der Waals surface area contributed by atoms with Gasteiger partial charge in [-0.1, -0.05) is 290 Å². The minimum Gasteiger partial charge on any atom is -0.171 e. The third-order valence-electron chi connectivity index (χ3n) is 7.55. The zero-order valence-electron chi connectivity index (χ0n) is 55.3. The van der Waals surface area contributed by atoms with Crippen molar-refractivity contribution in [3.63, 3.8) is 0 Å². The number of alkyl halides is 6. The van der Waals surface area contributed by atoms with E-state index in [2.05, 4.69) is 55.4 Å². The molecule has 61 heavy (non-hydrogen) atoms. The second-order valence-electron chi connectivity index (χ2n) is 20.2.